The first kappa shape index (κ1) is 27.2. The van der Waals surface area contributed by atoms with Gasteiger partial charge in [0.1, 0.15) is 12.6 Å². The van der Waals surface area contributed by atoms with Crippen LogP contribution in [0.25, 0.3) is 0 Å². The van der Waals surface area contributed by atoms with E-state index in [1.807, 2.05) is 6.92 Å². The van der Waals surface area contributed by atoms with Gasteiger partial charge in [-0.05, 0) is 49.2 Å². The highest BCUT2D eigenvalue weighted by Crippen LogP contribution is 2.31. The van der Waals surface area contributed by atoms with E-state index in [1.165, 1.54) is 23.1 Å². The molecule has 0 saturated carbocycles. The molecule has 7 nitrogen and oxygen atoms in total. The van der Waals surface area contributed by atoms with E-state index in [-0.39, 0.29) is 28.2 Å². The minimum Gasteiger partial charge on any atom is -0.354 e. The van der Waals surface area contributed by atoms with Crippen LogP contribution >= 0.6 is 34.8 Å². The molecule has 1 N–H and O–H groups in total. The lowest BCUT2D eigenvalue weighted by Crippen LogP contribution is -2.51. The van der Waals surface area contributed by atoms with Crippen molar-refractivity contribution in [2.45, 2.75) is 32.9 Å². The van der Waals surface area contributed by atoms with E-state index in [0.717, 1.165) is 22.5 Å². The third kappa shape index (κ3) is 7.78. The molecule has 0 aliphatic heterocycles. The van der Waals surface area contributed by atoms with Crippen molar-refractivity contribution in [2.24, 2.45) is 0 Å². The number of amides is 2. The Labute approximate surface area is 209 Å². The summed E-state index contributed by atoms with van der Waals surface area (Å²) in [7, 11) is -3.90. The van der Waals surface area contributed by atoms with Crippen molar-refractivity contribution in [3.8, 4) is 0 Å². The van der Waals surface area contributed by atoms with Gasteiger partial charge in [-0.15, -0.1) is 0 Å². The Balaban J connectivity index is 2.40. The van der Waals surface area contributed by atoms with Crippen LogP contribution in [0, 0.1) is 0 Å². The third-order valence-corrected chi connectivity index (χ3v) is 6.77. The van der Waals surface area contributed by atoms with Crippen molar-refractivity contribution in [3.05, 3.63) is 63.1 Å². The van der Waals surface area contributed by atoms with E-state index in [4.69, 9.17) is 34.8 Å². The number of nitrogens with zero attached hydrogens (tertiary/aromatic N) is 2. The second-order valence-corrected chi connectivity index (χ2v) is 10.7. The van der Waals surface area contributed by atoms with E-state index < -0.39 is 28.5 Å². The van der Waals surface area contributed by atoms with E-state index in [9.17, 15) is 18.0 Å². The third-order valence-electron chi connectivity index (χ3n) is 4.84. The lowest BCUT2D eigenvalue weighted by molar-refractivity contribution is -0.139. The molecule has 0 unspecified atom stereocenters. The summed E-state index contributed by atoms with van der Waals surface area (Å²) in [6, 6.07) is 10.3. The molecule has 11 heteroatoms. The summed E-state index contributed by atoms with van der Waals surface area (Å²) >= 11 is 18.2. The lowest BCUT2D eigenvalue weighted by Gasteiger charge is -2.31. The molecule has 0 fully saturated rings. The first-order chi connectivity index (χ1) is 15.4. The van der Waals surface area contributed by atoms with Gasteiger partial charge in [-0.25, -0.2) is 8.42 Å². The van der Waals surface area contributed by atoms with Crippen LogP contribution in [0.4, 0.5) is 5.69 Å². The van der Waals surface area contributed by atoms with Gasteiger partial charge in [0, 0.05) is 23.1 Å². The molecule has 33 heavy (non-hydrogen) atoms. The standard InChI is InChI=1S/C22H26Cl3N3O4S/c1-4-11-26-22(30)15(2)27(13-16-5-7-17(23)8-6-16)21(29)14-28(33(3,31)32)20-12-18(24)9-10-19(20)25/h5-10,12,15H,4,11,13-14H2,1-3H3,(H,26,30)/t15-/m1/s1. The molecule has 0 heterocycles. The number of rotatable bonds is 10. The minimum absolute atomic E-state index is 0.0783. The lowest BCUT2D eigenvalue weighted by atomic mass is 10.1. The summed E-state index contributed by atoms with van der Waals surface area (Å²) < 4.78 is 26.0. The summed E-state index contributed by atoms with van der Waals surface area (Å²) in [6.45, 7) is 3.49. The van der Waals surface area contributed by atoms with Gasteiger partial charge in [-0.2, -0.15) is 0 Å². The van der Waals surface area contributed by atoms with Crippen LogP contribution < -0.4 is 9.62 Å². The summed E-state index contributed by atoms with van der Waals surface area (Å²) in [6.07, 6.45) is 1.71. The number of halogens is 3. The average molecular weight is 535 g/mol. The maximum atomic E-state index is 13.4. The van der Waals surface area contributed by atoms with Gasteiger partial charge < -0.3 is 10.2 Å². The molecule has 2 aromatic rings. The molecular formula is C22H26Cl3N3O4S. The number of carbonyl (C=O) groups is 2. The summed E-state index contributed by atoms with van der Waals surface area (Å²) in [5.74, 6) is -0.920. The normalized spacial score (nSPS) is 12.2. The van der Waals surface area contributed by atoms with Crippen LogP contribution in [0.2, 0.25) is 15.1 Å². The monoisotopic (exact) mass is 533 g/mol. The highest BCUT2D eigenvalue weighted by Gasteiger charge is 2.30. The summed E-state index contributed by atoms with van der Waals surface area (Å²) in [5.41, 5.74) is 0.809. The van der Waals surface area contributed by atoms with Gasteiger partial charge in [-0.1, -0.05) is 53.9 Å². The predicted molar refractivity (Wildman–Crippen MR) is 133 cm³/mol. The van der Waals surface area contributed by atoms with Gasteiger partial charge in [0.05, 0.1) is 17.0 Å². The smallest absolute Gasteiger partial charge is 0.244 e. The van der Waals surface area contributed by atoms with Crippen molar-refractivity contribution < 1.29 is 18.0 Å². The van der Waals surface area contributed by atoms with Gasteiger partial charge in [0.15, 0.2) is 0 Å². The zero-order valence-corrected chi connectivity index (χ0v) is 21.6. The van der Waals surface area contributed by atoms with Crippen molar-refractivity contribution in [1.29, 1.82) is 0 Å². The average Bonchev–Trinajstić information content (AvgIpc) is 2.75. The van der Waals surface area contributed by atoms with Crippen molar-refractivity contribution in [3.63, 3.8) is 0 Å². The second-order valence-electron chi connectivity index (χ2n) is 7.48. The Hall–Kier alpha value is -2.00. The number of anilines is 1. The van der Waals surface area contributed by atoms with Crippen LogP contribution in [-0.4, -0.2) is 50.5 Å². The molecule has 0 aliphatic rings. The molecule has 2 aromatic carbocycles. The fourth-order valence-electron chi connectivity index (χ4n) is 3.04. The SMILES string of the molecule is CCCNC(=O)[C@@H](C)N(Cc1ccc(Cl)cc1)C(=O)CN(c1cc(Cl)ccc1Cl)S(C)(=O)=O. The maximum absolute atomic E-state index is 13.4. The largest absolute Gasteiger partial charge is 0.354 e. The quantitative estimate of drug-likeness (QED) is 0.491. The summed E-state index contributed by atoms with van der Waals surface area (Å²) in [4.78, 5) is 27.4. The van der Waals surface area contributed by atoms with Crippen molar-refractivity contribution in [1.82, 2.24) is 10.2 Å². The van der Waals surface area contributed by atoms with Crippen molar-refractivity contribution in [2.75, 3.05) is 23.7 Å². The molecule has 0 aliphatic carbocycles. The van der Waals surface area contributed by atoms with Crippen LogP contribution in [-0.2, 0) is 26.2 Å². The Bertz CT molecular complexity index is 1090. The molecule has 2 rings (SSSR count). The molecule has 2 amide bonds. The number of sulfonamides is 1. The Morgan fingerprint density at radius 2 is 1.64 bits per heavy atom. The van der Waals surface area contributed by atoms with Crippen LogP contribution in [0.1, 0.15) is 25.8 Å². The van der Waals surface area contributed by atoms with Crippen LogP contribution in [0.5, 0.6) is 0 Å². The molecular weight excluding hydrogens is 509 g/mol. The van der Waals surface area contributed by atoms with E-state index in [1.54, 1.807) is 31.2 Å². The molecule has 1 atom stereocenters. The Kier molecular flexibility index (Phi) is 9.84. The molecule has 180 valence electrons. The minimum atomic E-state index is -3.90. The van der Waals surface area contributed by atoms with Crippen LogP contribution in [0.3, 0.4) is 0 Å². The van der Waals surface area contributed by atoms with Crippen LogP contribution in [0.15, 0.2) is 42.5 Å². The number of carbonyl (C=O) groups excluding carboxylic acids is 2. The first-order valence-electron chi connectivity index (χ1n) is 10.2. The highest BCUT2D eigenvalue weighted by atomic mass is 35.5. The van der Waals surface area contributed by atoms with Gasteiger partial charge in [-0.3, -0.25) is 13.9 Å². The van der Waals surface area contributed by atoms with Gasteiger partial charge in [0.2, 0.25) is 21.8 Å². The van der Waals surface area contributed by atoms with Crippen molar-refractivity contribution >= 4 is 62.3 Å². The summed E-state index contributed by atoms with van der Waals surface area (Å²) in [5, 5.41) is 3.69. The molecule has 0 saturated heterocycles. The topological polar surface area (TPSA) is 86.8 Å². The zero-order valence-electron chi connectivity index (χ0n) is 18.5. The fraction of sp³-hybridized carbons (Fsp3) is 0.364. The fourth-order valence-corrected chi connectivity index (χ4v) is 4.45. The number of hydrogen-bond donors (Lipinski definition) is 1. The Morgan fingerprint density at radius 3 is 2.21 bits per heavy atom. The predicted octanol–water partition coefficient (Wildman–Crippen LogP) is 4.36. The number of hydrogen-bond acceptors (Lipinski definition) is 4. The van der Waals surface area contributed by atoms with E-state index >= 15 is 0 Å². The van der Waals surface area contributed by atoms with Gasteiger partial charge >= 0.3 is 0 Å². The first-order valence-corrected chi connectivity index (χ1v) is 13.2. The zero-order chi connectivity index (χ0) is 24.8. The Morgan fingerprint density at radius 1 is 1.03 bits per heavy atom. The number of nitrogens with one attached hydrogen (secondary N) is 1. The number of benzene rings is 2. The maximum Gasteiger partial charge on any atom is 0.244 e. The molecule has 0 aromatic heterocycles. The van der Waals surface area contributed by atoms with Gasteiger partial charge in [0.25, 0.3) is 0 Å². The molecule has 0 spiro atoms. The molecule has 0 bridgehead atoms. The highest BCUT2D eigenvalue weighted by molar-refractivity contribution is 7.92. The van der Waals surface area contributed by atoms with E-state index in [0.29, 0.717) is 11.6 Å². The molecule has 0 radical (unpaired) electrons. The second kappa shape index (κ2) is 11.9. The van der Waals surface area contributed by atoms with E-state index in [2.05, 4.69) is 5.32 Å².